The third kappa shape index (κ3) is 4.94. The van der Waals surface area contributed by atoms with Crippen LogP contribution in [0.15, 0.2) is 71.9 Å². The number of fused-ring (bicyclic) bond motifs is 1. The Morgan fingerprint density at radius 2 is 1.82 bits per heavy atom. The first-order valence-electron chi connectivity index (χ1n) is 9.14. The number of carbonyl (C=O) groups excluding carboxylic acids is 1. The fourth-order valence-corrected chi connectivity index (χ4v) is 3.46. The van der Waals surface area contributed by atoms with E-state index in [4.69, 9.17) is 9.88 Å². The second-order valence-corrected chi connectivity index (χ2v) is 8.31. The number of sulfonamides is 1. The van der Waals surface area contributed by atoms with E-state index >= 15 is 0 Å². The summed E-state index contributed by atoms with van der Waals surface area (Å²) >= 11 is 0. The average Bonchev–Trinajstić information content (AvgIpc) is 3.14. The molecule has 0 radical (unpaired) electrons. The zero-order chi connectivity index (χ0) is 23.8. The van der Waals surface area contributed by atoms with E-state index in [1.54, 1.807) is 6.07 Å². The van der Waals surface area contributed by atoms with E-state index in [0.717, 1.165) is 18.2 Å². The Morgan fingerprint density at radius 1 is 1.09 bits per heavy atom. The maximum atomic E-state index is 12.8. The molecule has 0 fully saturated rings. The van der Waals surface area contributed by atoms with E-state index in [1.807, 2.05) is 0 Å². The molecule has 2 aromatic heterocycles. The molecule has 0 aliphatic rings. The van der Waals surface area contributed by atoms with E-state index in [1.165, 1.54) is 47.2 Å². The first-order valence-corrected chi connectivity index (χ1v) is 10.7. The van der Waals surface area contributed by atoms with Crippen LogP contribution in [0, 0.1) is 0 Å². The zero-order valence-corrected chi connectivity index (χ0v) is 17.3. The summed E-state index contributed by atoms with van der Waals surface area (Å²) in [5.74, 6) is -0.0242. The largest absolute Gasteiger partial charge is 0.417 e. The Balaban J connectivity index is 1.56. The second kappa shape index (κ2) is 8.18. The molecule has 33 heavy (non-hydrogen) atoms. The molecule has 2 aromatic carbocycles. The molecule has 170 valence electrons. The molecule has 0 aliphatic carbocycles. The van der Waals surface area contributed by atoms with Crippen LogP contribution in [0.2, 0.25) is 0 Å². The van der Waals surface area contributed by atoms with Crippen molar-refractivity contribution in [3.8, 4) is 17.0 Å². The number of hydrogen-bond donors (Lipinski definition) is 2. The first-order chi connectivity index (χ1) is 15.5. The van der Waals surface area contributed by atoms with Crippen LogP contribution < -0.4 is 15.2 Å². The van der Waals surface area contributed by atoms with Crippen molar-refractivity contribution in [2.45, 2.75) is 11.1 Å². The Labute approximate surface area is 184 Å². The molecule has 2 heterocycles. The molecule has 0 unspecified atom stereocenters. The molecule has 3 N–H and O–H groups in total. The number of nitrogens with one attached hydrogen (secondary N) is 1. The highest BCUT2D eigenvalue weighted by molar-refractivity contribution is 7.89. The number of amides is 1. The summed E-state index contributed by atoms with van der Waals surface area (Å²) in [4.78, 5) is 16.4. The lowest BCUT2D eigenvalue weighted by Crippen LogP contribution is -2.18. The van der Waals surface area contributed by atoms with E-state index in [-0.39, 0.29) is 22.0 Å². The summed E-state index contributed by atoms with van der Waals surface area (Å²) in [5, 5.41) is 11.5. The number of primary sulfonamides is 1. The van der Waals surface area contributed by atoms with Gasteiger partial charge in [-0.15, -0.1) is 0 Å². The molecular formula is C20H14F3N5O4S. The highest BCUT2D eigenvalue weighted by Gasteiger charge is 2.30. The topological polar surface area (TPSA) is 129 Å². The molecule has 0 bridgehead atoms. The molecular weight excluding hydrogens is 463 g/mol. The SMILES string of the molecule is NS(=O)(=O)c1cccc(NC(=O)Oc2cnn3ccc(-c4ccc(C(F)(F)F)cc4)nc23)c1. The van der Waals surface area contributed by atoms with E-state index in [0.29, 0.717) is 11.3 Å². The highest BCUT2D eigenvalue weighted by Crippen LogP contribution is 2.31. The van der Waals surface area contributed by atoms with Crippen LogP contribution in [0.5, 0.6) is 5.75 Å². The number of rotatable bonds is 4. The summed E-state index contributed by atoms with van der Waals surface area (Å²) < 4.78 is 67.8. The third-order valence-electron chi connectivity index (χ3n) is 4.46. The number of nitrogens with zero attached hydrogens (tertiary/aromatic N) is 3. The minimum atomic E-state index is -4.45. The van der Waals surface area contributed by atoms with Gasteiger partial charge in [0.1, 0.15) is 0 Å². The molecule has 0 atom stereocenters. The monoisotopic (exact) mass is 477 g/mol. The van der Waals surface area contributed by atoms with Gasteiger partial charge in [0.15, 0.2) is 11.4 Å². The van der Waals surface area contributed by atoms with Gasteiger partial charge in [0.2, 0.25) is 10.0 Å². The van der Waals surface area contributed by atoms with Crippen molar-refractivity contribution in [1.82, 2.24) is 14.6 Å². The summed E-state index contributed by atoms with van der Waals surface area (Å²) in [6.07, 6.45) is -2.66. The second-order valence-electron chi connectivity index (χ2n) is 6.75. The first kappa shape index (κ1) is 22.2. The minimum Gasteiger partial charge on any atom is -0.404 e. The Morgan fingerprint density at radius 3 is 2.48 bits per heavy atom. The van der Waals surface area contributed by atoms with Crippen LogP contribution in [-0.4, -0.2) is 29.1 Å². The predicted octanol–water partition coefficient (Wildman–Crippen LogP) is 3.67. The lowest BCUT2D eigenvalue weighted by molar-refractivity contribution is -0.137. The zero-order valence-electron chi connectivity index (χ0n) is 16.4. The lowest BCUT2D eigenvalue weighted by Gasteiger charge is -2.08. The smallest absolute Gasteiger partial charge is 0.404 e. The van der Waals surface area contributed by atoms with E-state index < -0.39 is 27.9 Å². The van der Waals surface area contributed by atoms with Gasteiger partial charge in [0.25, 0.3) is 0 Å². The number of carbonyl (C=O) groups is 1. The standard InChI is InChI=1S/C20H14F3N5O4S/c21-20(22,23)13-6-4-12(5-7-13)16-8-9-28-18(27-16)17(11-25-28)32-19(29)26-14-2-1-3-15(10-14)33(24,30)31/h1-11H,(H,26,29)(H2,24,30,31). The number of hydrogen-bond acceptors (Lipinski definition) is 6. The van der Waals surface area contributed by atoms with Crippen LogP contribution in [0.25, 0.3) is 16.9 Å². The number of anilines is 1. The number of ether oxygens (including phenoxy) is 1. The van der Waals surface area contributed by atoms with E-state index in [2.05, 4.69) is 15.4 Å². The van der Waals surface area contributed by atoms with Crippen LogP contribution in [0.3, 0.4) is 0 Å². The summed E-state index contributed by atoms with van der Waals surface area (Å²) in [5.41, 5.74) is 0.232. The molecule has 0 saturated heterocycles. The Bertz CT molecular complexity index is 1450. The molecule has 1 amide bonds. The summed E-state index contributed by atoms with van der Waals surface area (Å²) in [6, 6.07) is 11.3. The minimum absolute atomic E-state index is 0.0242. The van der Waals surface area contributed by atoms with Crippen LogP contribution in [0.4, 0.5) is 23.7 Å². The molecule has 0 aliphatic heterocycles. The van der Waals surface area contributed by atoms with Crippen molar-refractivity contribution in [2.24, 2.45) is 5.14 Å². The summed E-state index contributed by atoms with van der Waals surface area (Å²) in [6.45, 7) is 0. The normalized spacial score (nSPS) is 12.0. The van der Waals surface area contributed by atoms with Crippen LogP contribution in [0.1, 0.15) is 5.56 Å². The van der Waals surface area contributed by atoms with Gasteiger partial charge in [0.05, 0.1) is 22.3 Å². The van der Waals surface area contributed by atoms with Crippen LogP contribution >= 0.6 is 0 Å². The molecule has 13 heteroatoms. The van der Waals surface area contributed by atoms with Gasteiger partial charge >= 0.3 is 12.3 Å². The average molecular weight is 477 g/mol. The fraction of sp³-hybridized carbons (Fsp3) is 0.0500. The van der Waals surface area contributed by atoms with Crippen LogP contribution in [-0.2, 0) is 16.2 Å². The quantitative estimate of drug-likeness (QED) is 0.462. The van der Waals surface area contributed by atoms with Gasteiger partial charge in [0, 0.05) is 17.4 Å². The van der Waals surface area contributed by atoms with Gasteiger partial charge < -0.3 is 4.74 Å². The lowest BCUT2D eigenvalue weighted by atomic mass is 10.1. The maximum absolute atomic E-state index is 12.8. The fourth-order valence-electron chi connectivity index (χ4n) is 2.90. The molecule has 0 spiro atoms. The van der Waals surface area contributed by atoms with E-state index in [9.17, 15) is 26.4 Å². The number of nitrogens with two attached hydrogens (primary N) is 1. The van der Waals surface area contributed by atoms with Gasteiger partial charge in [-0.3, -0.25) is 5.32 Å². The molecule has 4 rings (SSSR count). The highest BCUT2D eigenvalue weighted by atomic mass is 32.2. The molecule has 9 nitrogen and oxygen atoms in total. The van der Waals surface area contributed by atoms with Gasteiger partial charge in [-0.2, -0.15) is 18.3 Å². The molecule has 4 aromatic rings. The van der Waals surface area contributed by atoms with Gasteiger partial charge in [-0.05, 0) is 36.4 Å². The number of aromatic nitrogens is 3. The summed E-state index contributed by atoms with van der Waals surface area (Å²) in [7, 11) is -3.96. The van der Waals surface area contributed by atoms with Gasteiger partial charge in [-0.1, -0.05) is 18.2 Å². The number of halogens is 3. The van der Waals surface area contributed by atoms with Crippen molar-refractivity contribution in [1.29, 1.82) is 0 Å². The van der Waals surface area contributed by atoms with Crippen molar-refractivity contribution in [3.05, 3.63) is 72.6 Å². The maximum Gasteiger partial charge on any atom is 0.417 e. The van der Waals surface area contributed by atoms with Crippen molar-refractivity contribution >= 4 is 27.5 Å². The van der Waals surface area contributed by atoms with Gasteiger partial charge in [-0.25, -0.2) is 27.9 Å². The Hall–Kier alpha value is -3.97. The third-order valence-corrected chi connectivity index (χ3v) is 5.37. The van der Waals surface area contributed by atoms with Crippen molar-refractivity contribution in [3.63, 3.8) is 0 Å². The van der Waals surface area contributed by atoms with Crippen molar-refractivity contribution in [2.75, 3.05) is 5.32 Å². The Kier molecular flexibility index (Phi) is 5.51. The van der Waals surface area contributed by atoms with Crippen molar-refractivity contribution < 1.29 is 31.1 Å². The number of alkyl halides is 3. The predicted molar refractivity (Wildman–Crippen MR) is 111 cm³/mol. The molecule has 0 saturated carbocycles. The number of benzene rings is 2.